The smallest absolute Gasteiger partial charge is 0.273 e. The number of aromatic nitrogens is 1. The molecule has 2 aliphatic carbocycles. The summed E-state index contributed by atoms with van der Waals surface area (Å²) in [6.45, 7) is 4.32. The summed E-state index contributed by atoms with van der Waals surface area (Å²) >= 11 is 0. The summed E-state index contributed by atoms with van der Waals surface area (Å²) in [7, 11) is 0. The van der Waals surface area contributed by atoms with Crippen molar-refractivity contribution in [2.45, 2.75) is 69.9 Å². The van der Waals surface area contributed by atoms with Crippen molar-refractivity contribution in [1.82, 2.24) is 15.4 Å². The third-order valence-electron chi connectivity index (χ3n) is 5.79. The molecule has 3 fully saturated rings. The van der Waals surface area contributed by atoms with Gasteiger partial charge in [0.2, 0.25) is 0 Å². The van der Waals surface area contributed by atoms with Crippen molar-refractivity contribution in [2.75, 3.05) is 13.1 Å². The van der Waals surface area contributed by atoms with Crippen LogP contribution in [0.3, 0.4) is 0 Å². The molecule has 1 amide bonds. The Labute approximate surface area is 137 Å². The third-order valence-corrected chi connectivity index (χ3v) is 5.79. The Hall–Kier alpha value is -1.36. The second kappa shape index (κ2) is 6.27. The van der Waals surface area contributed by atoms with Crippen LogP contribution in [0.25, 0.3) is 0 Å². The fourth-order valence-electron chi connectivity index (χ4n) is 4.14. The van der Waals surface area contributed by atoms with Gasteiger partial charge in [-0.25, -0.2) is 0 Å². The maximum atomic E-state index is 12.4. The van der Waals surface area contributed by atoms with E-state index in [1.54, 1.807) is 0 Å². The van der Waals surface area contributed by atoms with Crippen LogP contribution >= 0.6 is 0 Å². The maximum Gasteiger partial charge on any atom is 0.273 e. The highest BCUT2D eigenvalue weighted by Crippen LogP contribution is 2.40. The van der Waals surface area contributed by atoms with E-state index in [2.05, 4.69) is 22.3 Å². The van der Waals surface area contributed by atoms with E-state index in [0.717, 1.165) is 37.7 Å². The van der Waals surface area contributed by atoms with Gasteiger partial charge in [-0.2, -0.15) is 0 Å². The Bertz CT molecular complexity index is 560. The van der Waals surface area contributed by atoms with Gasteiger partial charge in [-0.3, -0.25) is 9.69 Å². The molecule has 4 rings (SSSR count). The first-order chi connectivity index (χ1) is 11.2. The standard InChI is InChI=1S/C18H27N3O2/c1-12-10-21(14-5-3-2-4-6-14)11-16(12)19-18(22)15-9-17(23-20-15)13-7-8-13/h9,12-14,16H,2-8,10-11H2,1H3,(H,19,22)/t12-,16+/m0/s1. The minimum Gasteiger partial charge on any atom is -0.360 e. The zero-order valence-electron chi connectivity index (χ0n) is 14.0. The molecule has 126 valence electrons. The van der Waals surface area contributed by atoms with Gasteiger partial charge in [0.15, 0.2) is 5.69 Å². The SMILES string of the molecule is C[C@H]1CN(C2CCCCC2)C[C@H]1NC(=O)c1cc(C2CC2)on1. The van der Waals surface area contributed by atoms with Crippen LogP contribution in [-0.2, 0) is 0 Å². The molecule has 1 N–H and O–H groups in total. The van der Waals surface area contributed by atoms with Crippen molar-refractivity contribution in [3.05, 3.63) is 17.5 Å². The highest BCUT2D eigenvalue weighted by atomic mass is 16.5. The quantitative estimate of drug-likeness (QED) is 0.927. The number of amides is 1. The van der Waals surface area contributed by atoms with Crippen LogP contribution in [0.5, 0.6) is 0 Å². The predicted octanol–water partition coefficient (Wildman–Crippen LogP) is 2.93. The minimum atomic E-state index is -0.0806. The first kappa shape index (κ1) is 15.2. The molecule has 0 spiro atoms. The summed E-state index contributed by atoms with van der Waals surface area (Å²) in [6, 6.07) is 2.78. The topological polar surface area (TPSA) is 58.4 Å². The number of carbonyl (C=O) groups excluding carboxylic acids is 1. The van der Waals surface area contributed by atoms with Crippen molar-refractivity contribution in [2.24, 2.45) is 5.92 Å². The zero-order chi connectivity index (χ0) is 15.8. The average molecular weight is 317 g/mol. The summed E-state index contributed by atoms with van der Waals surface area (Å²) in [6.07, 6.45) is 9.06. The van der Waals surface area contributed by atoms with E-state index in [-0.39, 0.29) is 11.9 Å². The van der Waals surface area contributed by atoms with Gasteiger partial charge in [0.25, 0.3) is 5.91 Å². The predicted molar refractivity (Wildman–Crippen MR) is 87.3 cm³/mol. The molecule has 1 saturated heterocycles. The first-order valence-corrected chi connectivity index (χ1v) is 9.22. The van der Waals surface area contributed by atoms with Crippen LogP contribution in [-0.4, -0.2) is 41.1 Å². The third kappa shape index (κ3) is 3.30. The van der Waals surface area contributed by atoms with E-state index < -0.39 is 0 Å². The fourth-order valence-corrected chi connectivity index (χ4v) is 4.14. The van der Waals surface area contributed by atoms with Gasteiger partial charge < -0.3 is 9.84 Å². The van der Waals surface area contributed by atoms with Crippen LogP contribution < -0.4 is 5.32 Å². The Balaban J connectivity index is 1.34. The lowest BCUT2D eigenvalue weighted by Crippen LogP contribution is -2.41. The average Bonchev–Trinajstić information content (AvgIpc) is 3.18. The molecule has 2 heterocycles. The molecule has 1 aromatic heterocycles. The molecule has 0 unspecified atom stereocenters. The summed E-state index contributed by atoms with van der Waals surface area (Å²) in [4.78, 5) is 15.0. The Morgan fingerprint density at radius 1 is 1.22 bits per heavy atom. The lowest BCUT2D eigenvalue weighted by molar-refractivity contribution is 0.0920. The van der Waals surface area contributed by atoms with Crippen LogP contribution in [0.1, 0.15) is 74.0 Å². The van der Waals surface area contributed by atoms with E-state index in [1.165, 1.54) is 32.1 Å². The van der Waals surface area contributed by atoms with Gasteiger partial charge in [-0.05, 0) is 31.6 Å². The van der Waals surface area contributed by atoms with Crippen LogP contribution in [0, 0.1) is 5.92 Å². The molecule has 5 heteroatoms. The molecule has 1 aliphatic heterocycles. The molecule has 1 aromatic rings. The van der Waals surface area contributed by atoms with Gasteiger partial charge in [0.1, 0.15) is 5.76 Å². The lowest BCUT2D eigenvalue weighted by Gasteiger charge is -2.31. The van der Waals surface area contributed by atoms with Crippen LogP contribution in [0.2, 0.25) is 0 Å². The summed E-state index contributed by atoms with van der Waals surface area (Å²) in [5, 5.41) is 7.14. The molecule has 3 aliphatic rings. The molecular weight excluding hydrogens is 290 g/mol. The number of carbonyl (C=O) groups is 1. The molecule has 0 radical (unpaired) electrons. The van der Waals surface area contributed by atoms with Gasteiger partial charge in [-0.15, -0.1) is 0 Å². The molecule has 23 heavy (non-hydrogen) atoms. The largest absolute Gasteiger partial charge is 0.360 e. The minimum absolute atomic E-state index is 0.0806. The second-order valence-electron chi connectivity index (χ2n) is 7.69. The van der Waals surface area contributed by atoms with Crippen molar-refractivity contribution < 1.29 is 9.32 Å². The monoisotopic (exact) mass is 317 g/mol. The Morgan fingerprint density at radius 3 is 2.74 bits per heavy atom. The summed E-state index contributed by atoms with van der Waals surface area (Å²) < 4.78 is 5.30. The molecule has 0 aromatic carbocycles. The van der Waals surface area contributed by atoms with Gasteiger partial charge >= 0.3 is 0 Å². The highest BCUT2D eigenvalue weighted by molar-refractivity contribution is 5.92. The van der Waals surface area contributed by atoms with Crippen molar-refractivity contribution in [3.8, 4) is 0 Å². The van der Waals surface area contributed by atoms with E-state index in [0.29, 0.717) is 17.5 Å². The van der Waals surface area contributed by atoms with E-state index >= 15 is 0 Å². The number of nitrogens with one attached hydrogen (secondary N) is 1. The van der Waals surface area contributed by atoms with Crippen molar-refractivity contribution in [1.29, 1.82) is 0 Å². The van der Waals surface area contributed by atoms with E-state index in [9.17, 15) is 4.79 Å². The van der Waals surface area contributed by atoms with Gasteiger partial charge in [0, 0.05) is 37.2 Å². The molecular formula is C18H27N3O2. The number of hydrogen-bond acceptors (Lipinski definition) is 4. The van der Waals surface area contributed by atoms with Crippen molar-refractivity contribution >= 4 is 5.91 Å². The summed E-state index contributed by atoms with van der Waals surface area (Å²) in [5.41, 5.74) is 0.440. The molecule has 5 nitrogen and oxygen atoms in total. The van der Waals surface area contributed by atoms with Crippen molar-refractivity contribution in [3.63, 3.8) is 0 Å². The van der Waals surface area contributed by atoms with E-state index in [1.807, 2.05) is 6.07 Å². The van der Waals surface area contributed by atoms with Gasteiger partial charge in [0.05, 0.1) is 0 Å². The number of likely N-dealkylation sites (tertiary alicyclic amines) is 1. The number of rotatable bonds is 4. The molecule has 2 saturated carbocycles. The van der Waals surface area contributed by atoms with Crippen LogP contribution in [0.4, 0.5) is 0 Å². The highest BCUT2D eigenvalue weighted by Gasteiger charge is 2.35. The maximum absolute atomic E-state index is 12.4. The lowest BCUT2D eigenvalue weighted by atomic mass is 9.94. The van der Waals surface area contributed by atoms with Gasteiger partial charge in [-0.1, -0.05) is 31.3 Å². The molecule has 2 atom stereocenters. The fraction of sp³-hybridized carbons (Fsp3) is 0.778. The van der Waals surface area contributed by atoms with Crippen LogP contribution in [0.15, 0.2) is 10.6 Å². The summed E-state index contributed by atoms with van der Waals surface area (Å²) in [5.74, 6) is 1.79. The Morgan fingerprint density at radius 2 is 2.00 bits per heavy atom. The number of hydrogen-bond donors (Lipinski definition) is 1. The second-order valence-corrected chi connectivity index (χ2v) is 7.69. The number of nitrogens with zero attached hydrogens (tertiary/aromatic N) is 2. The molecule has 0 bridgehead atoms. The normalized spacial score (nSPS) is 29.8. The Kier molecular flexibility index (Phi) is 4.14. The first-order valence-electron chi connectivity index (χ1n) is 9.22. The van der Waals surface area contributed by atoms with E-state index in [4.69, 9.17) is 4.52 Å². The zero-order valence-corrected chi connectivity index (χ0v) is 14.0.